The van der Waals surface area contributed by atoms with Gasteiger partial charge in [-0.2, -0.15) is 0 Å². The smallest absolute Gasteiger partial charge is 0.289 e. The summed E-state index contributed by atoms with van der Waals surface area (Å²) in [4.78, 5) is 81.2. The largest absolute Gasteiger partial charge is 0.347 e. The molecule has 3 aromatic rings. The van der Waals surface area contributed by atoms with Crippen molar-refractivity contribution in [1.29, 1.82) is 0 Å². The molecule has 1 saturated heterocycles. The molecule has 14 heteroatoms. The Balaban J connectivity index is 1.25. The summed E-state index contributed by atoms with van der Waals surface area (Å²) in [6, 6.07) is 13.6. The summed E-state index contributed by atoms with van der Waals surface area (Å²) in [5.41, 5.74) is 3.25. The maximum absolute atomic E-state index is 14.7. The molecule has 0 radical (unpaired) electrons. The lowest BCUT2D eigenvalue weighted by molar-refractivity contribution is -0.145. The molecule has 3 aliphatic rings. The van der Waals surface area contributed by atoms with Crippen LogP contribution in [0.15, 0.2) is 71.8 Å². The zero-order valence-corrected chi connectivity index (χ0v) is 31.8. The topological polar surface area (TPSA) is 159 Å². The first kappa shape index (κ1) is 38.3. The van der Waals surface area contributed by atoms with Crippen LogP contribution in [0.1, 0.15) is 65.4 Å². The van der Waals surface area contributed by atoms with Gasteiger partial charge in [0.05, 0.1) is 29.6 Å². The number of hydrogen-bond acceptors (Lipinski definition) is 9. The number of fused-ring (bicyclic) bond motifs is 1. The number of aromatic nitrogens is 1. The summed E-state index contributed by atoms with van der Waals surface area (Å²) in [5.74, 6) is -2.84. The number of likely N-dealkylation sites (tertiary alicyclic amines) is 1. The molecule has 1 spiro atoms. The molecule has 280 valence electrons. The van der Waals surface area contributed by atoms with Crippen LogP contribution in [0.3, 0.4) is 0 Å². The molecule has 6 rings (SSSR count). The van der Waals surface area contributed by atoms with Gasteiger partial charge < -0.3 is 20.9 Å². The number of pyridine rings is 1. The fourth-order valence-corrected chi connectivity index (χ4v) is 7.68. The highest BCUT2D eigenvalue weighted by Crippen LogP contribution is 2.39. The van der Waals surface area contributed by atoms with Crippen molar-refractivity contribution in [2.24, 2.45) is 5.41 Å². The highest BCUT2D eigenvalue weighted by atomic mass is 35.5. The average molecular weight is 761 g/mol. The number of hydrogen-bond donors (Lipinski definition) is 4. The summed E-state index contributed by atoms with van der Waals surface area (Å²) >= 11 is 7.59. The lowest BCUT2D eigenvalue weighted by atomic mass is 9.85. The van der Waals surface area contributed by atoms with Crippen LogP contribution in [0.5, 0.6) is 0 Å². The average Bonchev–Trinajstić information content (AvgIpc) is 3.72. The first-order valence-electron chi connectivity index (χ1n) is 17.9. The molecule has 1 aromatic heterocycles. The fourth-order valence-electron chi connectivity index (χ4n) is 6.64. The standard InChI is InChI=1S/C39H45ClN6O6S/c1-5-9-27(33(48)36(50)42-26-15-16-26)43-35(49)29-20-39(19-28(45-52-39)24-11-6-13-25(40)18-24)22-46(29)37(51)34(38(2,3)4)44-31(47)21-53-30-14-7-10-23-12-8-17-41-32(23)30/h6-8,10-14,17-19,26-27,29,34,45H,5,9,15-16,20-22H2,1-4H3,(H,42,50)(H,43,49)(H,44,47)/t27-,29-,34+,39+/m0/s1. The van der Waals surface area contributed by atoms with Crippen LogP contribution in [-0.4, -0.2) is 81.4 Å². The predicted molar refractivity (Wildman–Crippen MR) is 203 cm³/mol. The fraction of sp³-hybridized carbons (Fsp3) is 0.436. The Bertz CT molecular complexity index is 1940. The van der Waals surface area contributed by atoms with Crippen LogP contribution in [0.4, 0.5) is 0 Å². The van der Waals surface area contributed by atoms with Gasteiger partial charge in [0.1, 0.15) is 17.7 Å². The van der Waals surface area contributed by atoms with Crippen LogP contribution in [-0.2, 0) is 28.8 Å². The van der Waals surface area contributed by atoms with Gasteiger partial charge >= 0.3 is 0 Å². The zero-order valence-electron chi connectivity index (χ0n) is 30.2. The third-order valence-corrected chi connectivity index (χ3v) is 10.8. The quantitative estimate of drug-likeness (QED) is 0.145. The number of nitrogens with zero attached hydrogens (tertiary/aromatic N) is 2. The van der Waals surface area contributed by atoms with Gasteiger partial charge in [-0.1, -0.05) is 76.0 Å². The van der Waals surface area contributed by atoms with E-state index in [1.54, 1.807) is 18.3 Å². The van der Waals surface area contributed by atoms with Crippen molar-refractivity contribution in [3.63, 3.8) is 0 Å². The van der Waals surface area contributed by atoms with Gasteiger partial charge in [-0.25, -0.2) is 0 Å². The number of benzene rings is 2. The lowest BCUT2D eigenvalue weighted by Gasteiger charge is -2.35. The van der Waals surface area contributed by atoms with E-state index in [9.17, 15) is 24.0 Å². The van der Waals surface area contributed by atoms with Gasteiger partial charge in [0.2, 0.25) is 23.5 Å². The van der Waals surface area contributed by atoms with E-state index < -0.39 is 52.6 Å². The van der Waals surface area contributed by atoms with Gasteiger partial charge in [0.15, 0.2) is 0 Å². The number of hydroxylamine groups is 1. The molecule has 0 unspecified atom stereocenters. The highest BCUT2D eigenvalue weighted by Gasteiger charge is 2.54. The van der Waals surface area contributed by atoms with Gasteiger partial charge in [0, 0.05) is 39.5 Å². The van der Waals surface area contributed by atoms with Crippen LogP contribution in [0.25, 0.3) is 16.6 Å². The van der Waals surface area contributed by atoms with Crippen molar-refractivity contribution in [3.8, 4) is 0 Å². The maximum Gasteiger partial charge on any atom is 0.289 e. The van der Waals surface area contributed by atoms with Crippen LogP contribution >= 0.6 is 23.4 Å². The minimum atomic E-state index is -1.12. The van der Waals surface area contributed by atoms with Crippen LogP contribution in [0, 0.1) is 5.41 Å². The second-order valence-corrected chi connectivity index (χ2v) is 16.4. The van der Waals surface area contributed by atoms with E-state index in [-0.39, 0.29) is 37.1 Å². The molecule has 4 amide bonds. The molecule has 12 nitrogen and oxygen atoms in total. The number of thioether (sulfide) groups is 1. The van der Waals surface area contributed by atoms with E-state index in [0.29, 0.717) is 17.1 Å². The minimum absolute atomic E-state index is 0.0194. The first-order valence-corrected chi connectivity index (χ1v) is 19.3. The first-order chi connectivity index (χ1) is 25.3. The Morgan fingerprint density at radius 3 is 2.55 bits per heavy atom. The summed E-state index contributed by atoms with van der Waals surface area (Å²) in [6.45, 7) is 7.37. The van der Waals surface area contributed by atoms with Crippen molar-refractivity contribution in [1.82, 2.24) is 31.3 Å². The second-order valence-electron chi connectivity index (χ2n) is 15.0. The lowest BCUT2D eigenvalue weighted by Crippen LogP contribution is -2.59. The van der Waals surface area contributed by atoms with Crippen molar-refractivity contribution in [2.75, 3.05) is 12.3 Å². The molecule has 53 heavy (non-hydrogen) atoms. The monoisotopic (exact) mass is 760 g/mol. The SMILES string of the molecule is CCC[C@H](NC(=O)[C@@H]1C[C@]2(C=C(c3cccc(Cl)c3)NO2)CN1C(=O)[C@@H](NC(=O)CSc1cccc2cccnc12)C(C)(C)C)C(=O)C(=O)NC1CC1. The van der Waals surface area contributed by atoms with E-state index in [2.05, 4.69) is 26.4 Å². The molecule has 2 fully saturated rings. The molecule has 4 N–H and O–H groups in total. The summed E-state index contributed by atoms with van der Waals surface area (Å²) in [5, 5.41) is 9.94. The summed E-state index contributed by atoms with van der Waals surface area (Å²) in [7, 11) is 0. The predicted octanol–water partition coefficient (Wildman–Crippen LogP) is 4.56. The van der Waals surface area contributed by atoms with Crippen LogP contribution < -0.4 is 21.4 Å². The van der Waals surface area contributed by atoms with Crippen LogP contribution in [0.2, 0.25) is 5.02 Å². The third kappa shape index (κ3) is 9.02. The van der Waals surface area contributed by atoms with Crippen molar-refractivity contribution < 1.29 is 28.8 Å². The molecule has 4 atom stereocenters. The number of ketones is 1. The Labute approximate surface area is 318 Å². The van der Waals surface area contributed by atoms with E-state index in [0.717, 1.165) is 34.2 Å². The van der Waals surface area contributed by atoms with Gasteiger partial charge in [-0.05, 0) is 55.0 Å². The number of halogens is 1. The Morgan fingerprint density at radius 1 is 1.08 bits per heavy atom. The Hall–Kier alpha value is -4.46. The second kappa shape index (κ2) is 15.9. The van der Waals surface area contributed by atoms with E-state index >= 15 is 0 Å². The zero-order chi connectivity index (χ0) is 37.9. The molecule has 2 aromatic carbocycles. The molecule has 1 saturated carbocycles. The minimum Gasteiger partial charge on any atom is -0.347 e. The van der Waals surface area contributed by atoms with Crippen molar-refractivity contribution in [2.45, 2.75) is 94.5 Å². The maximum atomic E-state index is 14.7. The number of nitrogens with one attached hydrogen (secondary N) is 4. The van der Waals surface area contributed by atoms with Gasteiger partial charge in [-0.3, -0.25) is 39.3 Å². The Morgan fingerprint density at radius 2 is 1.83 bits per heavy atom. The van der Waals surface area contributed by atoms with E-state index in [1.807, 2.05) is 76.2 Å². The van der Waals surface area contributed by atoms with E-state index in [4.69, 9.17) is 16.4 Å². The molecule has 3 heterocycles. The number of rotatable bonds is 13. The van der Waals surface area contributed by atoms with Gasteiger partial charge in [-0.15, -0.1) is 11.8 Å². The normalized spacial score (nSPS) is 20.7. The molecular weight excluding hydrogens is 716 g/mol. The van der Waals surface area contributed by atoms with Crippen molar-refractivity contribution >= 4 is 69.4 Å². The number of carbonyl (C=O) groups excluding carboxylic acids is 5. The van der Waals surface area contributed by atoms with Crippen molar-refractivity contribution in [3.05, 3.63) is 77.5 Å². The number of carbonyl (C=O) groups is 5. The summed E-state index contributed by atoms with van der Waals surface area (Å²) < 4.78 is 0. The number of Topliss-reactive ketones (excluding diaryl/α,β-unsaturated/α-hetero) is 1. The highest BCUT2D eigenvalue weighted by molar-refractivity contribution is 8.00. The molecule has 0 bridgehead atoms. The molecular formula is C39H45ClN6O6S. The summed E-state index contributed by atoms with van der Waals surface area (Å²) in [6.07, 6.45) is 6.00. The van der Waals surface area contributed by atoms with Gasteiger partial charge in [0.25, 0.3) is 5.91 Å². The number of amides is 4. The molecule has 1 aliphatic carbocycles. The Kier molecular flexibility index (Phi) is 11.5. The molecule has 2 aliphatic heterocycles. The third-order valence-electron chi connectivity index (χ3n) is 9.57. The number of para-hydroxylation sites is 1. The van der Waals surface area contributed by atoms with E-state index in [1.165, 1.54) is 16.7 Å².